The lowest BCUT2D eigenvalue weighted by Crippen LogP contribution is -2.61. The fourth-order valence-electron chi connectivity index (χ4n) is 3.64. The molecule has 0 aromatic carbocycles. The highest BCUT2D eigenvalue weighted by Gasteiger charge is 2.53. The second kappa shape index (κ2) is 3.68. The molecule has 2 saturated heterocycles. The Morgan fingerprint density at radius 1 is 1.14 bits per heavy atom. The van der Waals surface area contributed by atoms with Gasteiger partial charge in [-0.25, -0.2) is 0 Å². The Morgan fingerprint density at radius 3 is 2.50 bits per heavy atom. The SMILES string of the molecule is CC1CCCCC[N+]12CCCC2(C)Cl. The minimum absolute atomic E-state index is 0.0315. The van der Waals surface area contributed by atoms with E-state index in [0.29, 0.717) is 0 Å². The number of hydrogen-bond donors (Lipinski definition) is 0. The summed E-state index contributed by atoms with van der Waals surface area (Å²) in [5.74, 6) is 0. The van der Waals surface area contributed by atoms with Gasteiger partial charge in [0.25, 0.3) is 0 Å². The van der Waals surface area contributed by atoms with Gasteiger partial charge in [-0.2, -0.15) is 0 Å². The molecular formula is C12H23ClN+. The predicted octanol–water partition coefficient (Wildman–Crippen LogP) is 3.51. The molecule has 2 heteroatoms. The van der Waals surface area contributed by atoms with Gasteiger partial charge in [0.05, 0.1) is 19.1 Å². The molecule has 0 radical (unpaired) electrons. The highest BCUT2D eigenvalue weighted by molar-refractivity contribution is 6.22. The van der Waals surface area contributed by atoms with Crippen LogP contribution in [0.3, 0.4) is 0 Å². The highest BCUT2D eigenvalue weighted by atomic mass is 35.5. The van der Waals surface area contributed by atoms with Gasteiger partial charge in [0.2, 0.25) is 0 Å². The molecule has 3 unspecified atom stereocenters. The Morgan fingerprint density at radius 2 is 1.86 bits per heavy atom. The molecular weight excluding hydrogens is 194 g/mol. The van der Waals surface area contributed by atoms with Crippen LogP contribution in [0.1, 0.15) is 52.4 Å². The highest BCUT2D eigenvalue weighted by Crippen LogP contribution is 2.45. The maximum atomic E-state index is 6.74. The first-order valence-electron chi connectivity index (χ1n) is 6.14. The molecule has 0 N–H and O–H groups in total. The fraction of sp³-hybridized carbons (Fsp3) is 1.00. The zero-order chi connectivity index (χ0) is 10.2. The molecule has 14 heavy (non-hydrogen) atoms. The van der Waals surface area contributed by atoms with Crippen LogP contribution in [0.5, 0.6) is 0 Å². The summed E-state index contributed by atoms with van der Waals surface area (Å²) in [5.41, 5.74) is 0. The summed E-state index contributed by atoms with van der Waals surface area (Å²) < 4.78 is 1.20. The predicted molar refractivity (Wildman–Crippen MR) is 61.4 cm³/mol. The van der Waals surface area contributed by atoms with Gasteiger partial charge in [-0.1, -0.05) is 11.6 Å². The number of hydrogen-bond acceptors (Lipinski definition) is 0. The van der Waals surface area contributed by atoms with Crippen molar-refractivity contribution in [3.8, 4) is 0 Å². The number of alkyl halides is 1. The summed E-state index contributed by atoms with van der Waals surface area (Å²) in [4.78, 5) is 0.0315. The standard InChI is InChI=1S/C12H23ClN/c1-11-7-4-3-5-9-14(11)10-6-8-12(14,2)13/h11H,3-10H2,1-2H3/q+1. The molecule has 1 spiro atoms. The van der Waals surface area contributed by atoms with Crippen LogP contribution >= 0.6 is 11.6 Å². The van der Waals surface area contributed by atoms with Crippen molar-refractivity contribution in [2.24, 2.45) is 0 Å². The van der Waals surface area contributed by atoms with E-state index < -0.39 is 0 Å². The van der Waals surface area contributed by atoms with E-state index in [0.717, 1.165) is 6.04 Å². The summed E-state index contributed by atoms with van der Waals surface area (Å²) in [6, 6.07) is 0.780. The quantitative estimate of drug-likeness (QED) is 0.330. The molecule has 82 valence electrons. The minimum Gasteiger partial charge on any atom is -0.304 e. The third kappa shape index (κ3) is 1.49. The van der Waals surface area contributed by atoms with Crippen LogP contribution < -0.4 is 0 Å². The smallest absolute Gasteiger partial charge is 0.172 e. The van der Waals surface area contributed by atoms with Crippen LogP contribution in [-0.2, 0) is 0 Å². The lowest BCUT2D eigenvalue weighted by molar-refractivity contribution is -0.968. The lowest BCUT2D eigenvalue weighted by Gasteiger charge is -2.47. The van der Waals surface area contributed by atoms with Crippen molar-refractivity contribution in [3.05, 3.63) is 0 Å². The number of rotatable bonds is 0. The summed E-state index contributed by atoms with van der Waals surface area (Å²) in [6.07, 6.45) is 8.11. The first-order chi connectivity index (χ1) is 6.58. The van der Waals surface area contributed by atoms with E-state index in [4.69, 9.17) is 11.6 Å². The summed E-state index contributed by atoms with van der Waals surface area (Å²) in [5, 5.41) is 0. The molecule has 2 fully saturated rings. The summed E-state index contributed by atoms with van der Waals surface area (Å²) in [6.45, 7) is 7.32. The molecule has 3 atom stereocenters. The first kappa shape index (κ1) is 10.8. The zero-order valence-electron chi connectivity index (χ0n) is 9.56. The largest absolute Gasteiger partial charge is 0.304 e. The topological polar surface area (TPSA) is 0 Å². The molecule has 1 nitrogen and oxygen atoms in total. The van der Waals surface area contributed by atoms with Crippen LogP contribution in [0.2, 0.25) is 0 Å². The van der Waals surface area contributed by atoms with Crippen LogP contribution in [0, 0.1) is 0 Å². The van der Waals surface area contributed by atoms with E-state index in [9.17, 15) is 0 Å². The Balaban J connectivity index is 2.26. The number of nitrogens with zero attached hydrogens (tertiary/aromatic N) is 1. The van der Waals surface area contributed by atoms with Crippen molar-refractivity contribution in [1.82, 2.24) is 0 Å². The Kier molecular flexibility index (Phi) is 2.83. The van der Waals surface area contributed by atoms with Crippen LogP contribution in [-0.4, -0.2) is 28.6 Å². The average Bonchev–Trinajstić information content (AvgIpc) is 2.31. The van der Waals surface area contributed by atoms with Crippen molar-refractivity contribution in [2.75, 3.05) is 13.1 Å². The molecule has 0 saturated carbocycles. The van der Waals surface area contributed by atoms with Crippen LogP contribution in [0.25, 0.3) is 0 Å². The van der Waals surface area contributed by atoms with E-state index in [1.807, 2.05) is 0 Å². The Hall–Kier alpha value is 0.250. The summed E-state index contributed by atoms with van der Waals surface area (Å²) in [7, 11) is 0. The van der Waals surface area contributed by atoms with Gasteiger partial charge < -0.3 is 4.48 Å². The lowest BCUT2D eigenvalue weighted by atomic mass is 10.1. The second-order valence-electron chi connectivity index (χ2n) is 5.43. The van der Waals surface area contributed by atoms with Crippen molar-refractivity contribution in [1.29, 1.82) is 0 Å². The van der Waals surface area contributed by atoms with E-state index in [2.05, 4.69) is 13.8 Å². The summed E-state index contributed by atoms with van der Waals surface area (Å²) >= 11 is 6.74. The van der Waals surface area contributed by atoms with E-state index in [-0.39, 0.29) is 5.00 Å². The molecule has 2 rings (SSSR count). The Labute approximate surface area is 93.0 Å². The zero-order valence-corrected chi connectivity index (χ0v) is 10.3. The normalized spacial score (nSPS) is 49.5. The molecule has 2 aliphatic rings. The second-order valence-corrected chi connectivity index (χ2v) is 6.24. The average molecular weight is 217 g/mol. The third-order valence-corrected chi connectivity index (χ3v) is 5.17. The molecule has 0 aromatic heterocycles. The van der Waals surface area contributed by atoms with Crippen molar-refractivity contribution >= 4 is 11.6 Å². The van der Waals surface area contributed by atoms with Gasteiger partial charge in [-0.15, -0.1) is 0 Å². The van der Waals surface area contributed by atoms with Gasteiger partial charge in [0.15, 0.2) is 5.00 Å². The molecule has 2 heterocycles. The van der Waals surface area contributed by atoms with E-state index in [1.54, 1.807) is 0 Å². The van der Waals surface area contributed by atoms with E-state index >= 15 is 0 Å². The van der Waals surface area contributed by atoms with Crippen LogP contribution in [0.15, 0.2) is 0 Å². The van der Waals surface area contributed by atoms with Crippen molar-refractivity contribution in [2.45, 2.75) is 63.4 Å². The number of quaternary nitrogens is 1. The van der Waals surface area contributed by atoms with Crippen LogP contribution in [0.4, 0.5) is 0 Å². The maximum absolute atomic E-state index is 6.74. The molecule has 0 aliphatic carbocycles. The van der Waals surface area contributed by atoms with Crippen molar-refractivity contribution < 1.29 is 4.48 Å². The molecule has 2 aliphatic heterocycles. The maximum Gasteiger partial charge on any atom is 0.172 e. The third-order valence-electron chi connectivity index (χ3n) is 4.64. The molecule has 0 amide bonds. The van der Waals surface area contributed by atoms with Gasteiger partial charge >= 0.3 is 0 Å². The van der Waals surface area contributed by atoms with Gasteiger partial charge in [-0.3, -0.25) is 0 Å². The van der Waals surface area contributed by atoms with Gasteiger partial charge in [-0.05, 0) is 32.6 Å². The van der Waals surface area contributed by atoms with Crippen molar-refractivity contribution in [3.63, 3.8) is 0 Å². The fourth-order valence-corrected chi connectivity index (χ4v) is 4.11. The Bertz CT molecular complexity index is 214. The van der Waals surface area contributed by atoms with Gasteiger partial charge in [0, 0.05) is 19.8 Å². The monoisotopic (exact) mass is 216 g/mol. The first-order valence-corrected chi connectivity index (χ1v) is 6.52. The number of halogens is 1. The minimum atomic E-state index is 0.0315. The van der Waals surface area contributed by atoms with Gasteiger partial charge in [0.1, 0.15) is 0 Å². The molecule has 0 bridgehead atoms. The molecule has 0 aromatic rings. The van der Waals surface area contributed by atoms with E-state index in [1.165, 1.54) is 56.1 Å².